The fourth-order valence-electron chi connectivity index (χ4n) is 3.65. The predicted molar refractivity (Wildman–Crippen MR) is 83.8 cm³/mol. The van der Waals surface area contributed by atoms with Gasteiger partial charge in [-0.3, -0.25) is 14.5 Å². The summed E-state index contributed by atoms with van der Waals surface area (Å²) < 4.78 is 94.5. The van der Waals surface area contributed by atoms with Crippen LogP contribution in [0.1, 0.15) is 17.2 Å². The van der Waals surface area contributed by atoms with E-state index in [4.69, 9.17) is 14.2 Å². The number of hydrogen-bond acceptors (Lipinski definition) is 6. The number of benzene rings is 1. The van der Waals surface area contributed by atoms with E-state index < -0.39 is 35.9 Å². The minimum absolute atomic E-state index is 0.00718. The molecule has 0 saturated carbocycles. The van der Waals surface area contributed by atoms with Crippen molar-refractivity contribution in [3.8, 4) is 17.2 Å². The molecular weight excluding hydrogens is 412 g/mol. The number of rotatable bonds is 4. The summed E-state index contributed by atoms with van der Waals surface area (Å²) in [5, 5.41) is 0. The van der Waals surface area contributed by atoms with Gasteiger partial charge in [-0.1, -0.05) is 0 Å². The fourth-order valence-corrected chi connectivity index (χ4v) is 3.65. The summed E-state index contributed by atoms with van der Waals surface area (Å²) in [5.41, 5.74) is 0.176. The first-order chi connectivity index (χ1) is 13.4. The van der Waals surface area contributed by atoms with Crippen LogP contribution in [0.15, 0.2) is 6.07 Å². The molecule has 2 aliphatic rings. The van der Waals surface area contributed by atoms with Crippen LogP contribution in [0, 0.1) is 5.92 Å². The SMILES string of the molecule is COc1c2c(cc3c1[C@H](C(C(=O)C(F)(F)F)C(=O)C(F)(F)F)N(C)CC3)OCO2. The lowest BCUT2D eigenvalue weighted by molar-refractivity contribution is -0.193. The molecule has 0 radical (unpaired) electrons. The van der Waals surface area contributed by atoms with E-state index in [1.807, 2.05) is 0 Å². The largest absolute Gasteiger partial charge is 0.492 e. The summed E-state index contributed by atoms with van der Waals surface area (Å²) in [6, 6.07) is -0.445. The highest BCUT2D eigenvalue weighted by atomic mass is 19.4. The zero-order chi connectivity index (χ0) is 21.7. The van der Waals surface area contributed by atoms with Crippen molar-refractivity contribution in [2.45, 2.75) is 24.8 Å². The van der Waals surface area contributed by atoms with E-state index in [2.05, 4.69) is 0 Å². The van der Waals surface area contributed by atoms with Gasteiger partial charge >= 0.3 is 12.4 Å². The molecule has 0 aromatic heterocycles. The zero-order valence-corrected chi connectivity index (χ0v) is 15.1. The first kappa shape index (κ1) is 21.2. The Bertz CT molecular complexity index is 824. The molecule has 160 valence electrons. The highest BCUT2D eigenvalue weighted by Crippen LogP contribution is 2.52. The molecule has 12 heteroatoms. The Morgan fingerprint density at radius 3 is 2.24 bits per heavy atom. The van der Waals surface area contributed by atoms with Crippen LogP contribution in [0.5, 0.6) is 17.2 Å². The summed E-state index contributed by atoms with van der Waals surface area (Å²) in [5.74, 6) is -8.56. The van der Waals surface area contributed by atoms with Gasteiger partial charge in [0.05, 0.1) is 13.2 Å². The molecule has 0 aliphatic carbocycles. The highest BCUT2D eigenvalue weighted by molar-refractivity contribution is 6.07. The van der Waals surface area contributed by atoms with Crippen molar-refractivity contribution >= 4 is 11.6 Å². The van der Waals surface area contributed by atoms with Gasteiger partial charge in [0.25, 0.3) is 0 Å². The Morgan fingerprint density at radius 2 is 1.72 bits per heavy atom. The lowest BCUT2D eigenvalue weighted by atomic mass is 9.79. The van der Waals surface area contributed by atoms with E-state index in [1.165, 1.54) is 13.1 Å². The Balaban J connectivity index is 2.25. The molecule has 1 aromatic carbocycles. The minimum atomic E-state index is -5.65. The number of fused-ring (bicyclic) bond motifs is 2. The number of hydrogen-bond donors (Lipinski definition) is 0. The molecule has 1 atom stereocenters. The van der Waals surface area contributed by atoms with Crippen LogP contribution in [-0.4, -0.2) is 56.3 Å². The lowest BCUT2D eigenvalue weighted by Crippen LogP contribution is -2.50. The maximum Gasteiger partial charge on any atom is 0.450 e. The molecule has 3 rings (SSSR count). The number of Topliss-reactive ketones (excluding diaryl/α,β-unsaturated/α-hetero) is 2. The molecule has 29 heavy (non-hydrogen) atoms. The Hall–Kier alpha value is -2.50. The topological polar surface area (TPSA) is 65.1 Å². The van der Waals surface area contributed by atoms with Gasteiger partial charge < -0.3 is 14.2 Å². The number of halogens is 6. The van der Waals surface area contributed by atoms with Gasteiger partial charge in [0.1, 0.15) is 5.92 Å². The summed E-state index contributed by atoms with van der Waals surface area (Å²) in [7, 11) is 2.38. The molecule has 0 fully saturated rings. The van der Waals surface area contributed by atoms with Gasteiger partial charge in [-0.15, -0.1) is 0 Å². The molecule has 6 nitrogen and oxygen atoms in total. The Labute approximate surface area is 160 Å². The molecule has 0 bridgehead atoms. The second-order valence-electron chi connectivity index (χ2n) is 6.59. The van der Waals surface area contributed by atoms with E-state index in [0.29, 0.717) is 5.56 Å². The van der Waals surface area contributed by atoms with Crippen LogP contribution in [0.2, 0.25) is 0 Å². The molecule has 2 aliphatic heterocycles. The summed E-state index contributed by atoms with van der Waals surface area (Å²) >= 11 is 0. The van der Waals surface area contributed by atoms with E-state index in [9.17, 15) is 35.9 Å². The van der Waals surface area contributed by atoms with E-state index in [0.717, 1.165) is 12.0 Å². The maximum absolute atomic E-state index is 13.1. The number of likely N-dealkylation sites (N-methyl/N-ethyl adjacent to an activating group) is 1. The molecular formula is C17H15F6NO5. The number of carbonyl (C=O) groups excluding carboxylic acids is 2. The third kappa shape index (κ3) is 3.61. The van der Waals surface area contributed by atoms with Gasteiger partial charge in [-0.2, -0.15) is 26.3 Å². The van der Waals surface area contributed by atoms with E-state index >= 15 is 0 Å². The van der Waals surface area contributed by atoms with Crippen molar-refractivity contribution in [1.29, 1.82) is 0 Å². The molecule has 0 unspecified atom stereocenters. The van der Waals surface area contributed by atoms with Crippen LogP contribution < -0.4 is 14.2 Å². The number of alkyl halides is 6. The average Bonchev–Trinajstić information content (AvgIpc) is 3.08. The van der Waals surface area contributed by atoms with Crippen LogP contribution in [0.3, 0.4) is 0 Å². The number of methoxy groups -OCH3 is 1. The van der Waals surface area contributed by atoms with Crippen LogP contribution in [0.4, 0.5) is 26.3 Å². The second kappa shape index (κ2) is 7.08. The standard InChI is InChI=1S/C17H15F6NO5/c1-24-4-3-7-5-8-12(29-6-28-8)13(27-2)9(7)11(24)10(14(25)16(18,19)20)15(26)17(21,22)23/h5,10-11H,3-4,6H2,1-2H3/t11-/m1/s1. The van der Waals surface area contributed by atoms with Gasteiger partial charge in [0, 0.05) is 12.1 Å². The van der Waals surface area contributed by atoms with Crippen molar-refractivity contribution in [1.82, 2.24) is 4.90 Å². The van der Waals surface area contributed by atoms with E-state index in [-0.39, 0.29) is 42.6 Å². The smallest absolute Gasteiger partial charge is 0.450 e. The zero-order valence-electron chi connectivity index (χ0n) is 15.1. The quantitative estimate of drug-likeness (QED) is 0.544. The summed E-state index contributed by atoms with van der Waals surface area (Å²) in [4.78, 5) is 25.0. The summed E-state index contributed by atoms with van der Waals surface area (Å²) in [6.45, 7) is -0.214. The molecule has 2 heterocycles. The number of carbonyl (C=O) groups is 2. The van der Waals surface area contributed by atoms with Crippen molar-refractivity contribution in [2.75, 3.05) is 27.5 Å². The fraction of sp³-hybridized carbons (Fsp3) is 0.529. The van der Waals surface area contributed by atoms with Crippen molar-refractivity contribution in [2.24, 2.45) is 5.92 Å². The molecule has 1 aromatic rings. The van der Waals surface area contributed by atoms with Crippen LogP contribution in [-0.2, 0) is 16.0 Å². The number of nitrogens with zero attached hydrogens (tertiary/aromatic N) is 1. The van der Waals surface area contributed by atoms with Crippen molar-refractivity contribution in [3.63, 3.8) is 0 Å². The van der Waals surface area contributed by atoms with Gasteiger partial charge in [0.15, 0.2) is 11.5 Å². The normalized spacial score (nSPS) is 19.3. The molecule has 0 amide bonds. The molecule has 0 spiro atoms. The summed E-state index contributed by atoms with van der Waals surface area (Å²) in [6.07, 6.45) is -11.1. The van der Waals surface area contributed by atoms with Crippen molar-refractivity contribution in [3.05, 3.63) is 17.2 Å². The van der Waals surface area contributed by atoms with Crippen LogP contribution >= 0.6 is 0 Å². The van der Waals surface area contributed by atoms with E-state index in [1.54, 1.807) is 0 Å². The highest BCUT2D eigenvalue weighted by Gasteiger charge is 2.58. The molecule has 0 N–H and O–H groups in total. The second-order valence-corrected chi connectivity index (χ2v) is 6.59. The van der Waals surface area contributed by atoms with Crippen LogP contribution in [0.25, 0.3) is 0 Å². The predicted octanol–water partition coefficient (Wildman–Crippen LogP) is 2.83. The monoisotopic (exact) mass is 427 g/mol. The van der Waals surface area contributed by atoms with Gasteiger partial charge in [-0.05, 0) is 25.1 Å². The number of ether oxygens (including phenoxy) is 3. The third-order valence-electron chi connectivity index (χ3n) is 4.89. The Kier molecular flexibility index (Phi) is 5.18. The van der Waals surface area contributed by atoms with Gasteiger partial charge in [0.2, 0.25) is 24.1 Å². The third-order valence-corrected chi connectivity index (χ3v) is 4.89. The minimum Gasteiger partial charge on any atom is -0.492 e. The first-order valence-electron chi connectivity index (χ1n) is 8.29. The maximum atomic E-state index is 13.1. The molecule has 0 saturated heterocycles. The average molecular weight is 427 g/mol. The first-order valence-corrected chi connectivity index (χ1v) is 8.29. The van der Waals surface area contributed by atoms with Gasteiger partial charge in [-0.25, -0.2) is 0 Å². The lowest BCUT2D eigenvalue weighted by Gasteiger charge is -2.39. The van der Waals surface area contributed by atoms with Crippen molar-refractivity contribution < 1.29 is 50.1 Å². The number of ketones is 2. The Morgan fingerprint density at radius 1 is 1.14 bits per heavy atom.